The third kappa shape index (κ3) is 2.87. The number of nitroso groups, excluding NO2 is 1. The van der Waals surface area contributed by atoms with Gasteiger partial charge in [0.25, 0.3) is 0 Å². The standard InChI is InChI=1S/C19H16N4O3S/c24-23-17-12(11-1-2-14-15(9-11)26-8-7-25-14)3-6-21-18(17)19-22-13-4-5-20-10-16(13)27-19/h1-3,6,9,20H,4-5,7-8,10H2. The Morgan fingerprint density at radius 1 is 1.15 bits per heavy atom. The lowest BCUT2D eigenvalue weighted by Crippen LogP contribution is -2.22. The lowest BCUT2D eigenvalue weighted by atomic mass is 10.0. The number of nitrogens with one attached hydrogen (secondary N) is 1. The Morgan fingerprint density at radius 2 is 2.04 bits per heavy atom. The highest BCUT2D eigenvalue weighted by Gasteiger charge is 2.22. The molecule has 1 N–H and O–H groups in total. The topological polar surface area (TPSA) is 85.7 Å². The molecule has 2 aliphatic rings. The molecule has 136 valence electrons. The van der Waals surface area contributed by atoms with Crippen LogP contribution >= 0.6 is 11.3 Å². The van der Waals surface area contributed by atoms with E-state index in [1.807, 2.05) is 18.2 Å². The summed E-state index contributed by atoms with van der Waals surface area (Å²) < 4.78 is 11.2. The molecule has 0 saturated heterocycles. The number of nitrogens with zero attached hydrogens (tertiary/aromatic N) is 3. The largest absolute Gasteiger partial charge is 0.486 e. The van der Waals surface area contributed by atoms with Crippen LogP contribution in [-0.4, -0.2) is 29.7 Å². The molecule has 3 aromatic rings. The average Bonchev–Trinajstić information content (AvgIpc) is 3.17. The first-order valence-electron chi connectivity index (χ1n) is 8.75. The van der Waals surface area contributed by atoms with Gasteiger partial charge in [-0.3, -0.25) is 4.98 Å². The summed E-state index contributed by atoms with van der Waals surface area (Å²) in [4.78, 5) is 22.1. The van der Waals surface area contributed by atoms with Crippen LogP contribution in [0.15, 0.2) is 35.6 Å². The van der Waals surface area contributed by atoms with E-state index < -0.39 is 0 Å². The smallest absolute Gasteiger partial charge is 0.161 e. The Balaban J connectivity index is 1.61. The zero-order valence-electron chi connectivity index (χ0n) is 14.4. The van der Waals surface area contributed by atoms with E-state index in [-0.39, 0.29) is 0 Å². The highest BCUT2D eigenvalue weighted by Crippen LogP contribution is 2.42. The second-order valence-corrected chi connectivity index (χ2v) is 7.40. The summed E-state index contributed by atoms with van der Waals surface area (Å²) in [6.07, 6.45) is 2.58. The summed E-state index contributed by atoms with van der Waals surface area (Å²) in [5.74, 6) is 1.38. The van der Waals surface area contributed by atoms with Crippen LogP contribution in [0.25, 0.3) is 21.8 Å². The van der Waals surface area contributed by atoms with Gasteiger partial charge in [-0.1, -0.05) is 6.07 Å². The second kappa shape index (κ2) is 6.71. The number of aromatic nitrogens is 2. The molecule has 0 fully saturated rings. The molecule has 0 atom stereocenters. The van der Waals surface area contributed by atoms with Gasteiger partial charge in [0.15, 0.2) is 11.5 Å². The summed E-state index contributed by atoms with van der Waals surface area (Å²) >= 11 is 1.57. The molecule has 7 nitrogen and oxygen atoms in total. The minimum absolute atomic E-state index is 0.299. The number of ether oxygens (including phenoxy) is 2. The predicted molar refractivity (Wildman–Crippen MR) is 103 cm³/mol. The van der Waals surface area contributed by atoms with E-state index in [1.165, 1.54) is 4.88 Å². The lowest BCUT2D eigenvalue weighted by Gasteiger charge is -2.19. The van der Waals surface area contributed by atoms with Crippen molar-refractivity contribution in [1.82, 2.24) is 15.3 Å². The Morgan fingerprint density at radius 3 is 2.89 bits per heavy atom. The minimum Gasteiger partial charge on any atom is -0.486 e. The Kier molecular flexibility index (Phi) is 4.06. The van der Waals surface area contributed by atoms with Crippen molar-refractivity contribution >= 4 is 17.0 Å². The number of fused-ring (bicyclic) bond motifs is 2. The van der Waals surface area contributed by atoms with Crippen molar-refractivity contribution in [1.29, 1.82) is 0 Å². The van der Waals surface area contributed by atoms with Crippen LogP contribution in [0.5, 0.6) is 11.5 Å². The van der Waals surface area contributed by atoms with Crippen molar-refractivity contribution in [2.45, 2.75) is 13.0 Å². The van der Waals surface area contributed by atoms with Gasteiger partial charge in [-0.25, -0.2) is 4.98 Å². The number of benzene rings is 1. The number of thiazole rings is 1. The second-order valence-electron chi connectivity index (χ2n) is 6.32. The maximum Gasteiger partial charge on any atom is 0.161 e. The van der Waals surface area contributed by atoms with E-state index in [1.54, 1.807) is 23.6 Å². The SMILES string of the molecule is O=Nc1c(-c2ccc3c(c2)OCCO3)ccnc1-c1nc2c(s1)CNCC2. The van der Waals surface area contributed by atoms with Crippen molar-refractivity contribution in [3.8, 4) is 33.3 Å². The number of hydrogen-bond acceptors (Lipinski definition) is 8. The van der Waals surface area contributed by atoms with E-state index in [2.05, 4.69) is 15.5 Å². The fraction of sp³-hybridized carbons (Fsp3) is 0.263. The van der Waals surface area contributed by atoms with Gasteiger partial charge < -0.3 is 14.8 Å². The zero-order chi connectivity index (χ0) is 18.2. The molecule has 2 aromatic heterocycles. The third-order valence-electron chi connectivity index (χ3n) is 4.67. The summed E-state index contributed by atoms with van der Waals surface area (Å²) in [6, 6.07) is 7.42. The van der Waals surface area contributed by atoms with Crippen LogP contribution in [0.2, 0.25) is 0 Å². The lowest BCUT2D eigenvalue weighted by molar-refractivity contribution is 0.171. The summed E-state index contributed by atoms with van der Waals surface area (Å²) in [7, 11) is 0. The van der Waals surface area contributed by atoms with E-state index >= 15 is 0 Å². The first-order chi connectivity index (χ1) is 13.3. The zero-order valence-corrected chi connectivity index (χ0v) is 15.2. The van der Waals surface area contributed by atoms with Crippen molar-refractivity contribution < 1.29 is 9.47 Å². The summed E-state index contributed by atoms with van der Waals surface area (Å²) in [5, 5.41) is 7.38. The van der Waals surface area contributed by atoms with E-state index in [9.17, 15) is 4.91 Å². The van der Waals surface area contributed by atoms with Gasteiger partial charge in [-0.2, -0.15) is 0 Å². The molecule has 0 unspecified atom stereocenters. The van der Waals surface area contributed by atoms with Crippen LogP contribution in [0, 0.1) is 4.91 Å². The van der Waals surface area contributed by atoms with Gasteiger partial charge in [0.1, 0.15) is 29.6 Å². The molecule has 4 heterocycles. The molecule has 1 aromatic carbocycles. The molecule has 8 heteroatoms. The maximum atomic E-state index is 11.7. The first-order valence-corrected chi connectivity index (χ1v) is 9.57. The first kappa shape index (κ1) is 16.3. The number of pyridine rings is 1. The van der Waals surface area contributed by atoms with E-state index in [0.717, 1.165) is 35.8 Å². The fourth-order valence-electron chi connectivity index (χ4n) is 3.37. The van der Waals surface area contributed by atoms with Gasteiger partial charge in [0.05, 0.1) is 5.69 Å². The molecule has 0 aliphatic carbocycles. The predicted octanol–water partition coefficient (Wildman–Crippen LogP) is 3.69. The molecule has 5 rings (SSSR count). The highest BCUT2D eigenvalue weighted by molar-refractivity contribution is 7.15. The normalized spacial score (nSPS) is 15.3. The molecular formula is C19H16N4O3S. The molecule has 0 spiro atoms. The highest BCUT2D eigenvalue weighted by atomic mass is 32.1. The van der Waals surface area contributed by atoms with Crippen molar-refractivity contribution in [3.05, 3.63) is 45.9 Å². The molecule has 0 amide bonds. The molecule has 0 saturated carbocycles. The Bertz CT molecular complexity index is 1010. The van der Waals surface area contributed by atoms with Crippen molar-refractivity contribution in [2.24, 2.45) is 5.18 Å². The monoisotopic (exact) mass is 380 g/mol. The summed E-state index contributed by atoms with van der Waals surface area (Å²) in [6.45, 7) is 2.77. The van der Waals surface area contributed by atoms with E-state index in [0.29, 0.717) is 41.7 Å². The maximum absolute atomic E-state index is 11.7. The van der Waals surface area contributed by atoms with Gasteiger partial charge in [0.2, 0.25) is 0 Å². The van der Waals surface area contributed by atoms with Crippen LogP contribution in [0.3, 0.4) is 0 Å². The van der Waals surface area contributed by atoms with Gasteiger partial charge in [0, 0.05) is 36.1 Å². The van der Waals surface area contributed by atoms with Gasteiger partial charge >= 0.3 is 0 Å². The quantitative estimate of drug-likeness (QED) is 0.698. The van der Waals surface area contributed by atoms with Crippen molar-refractivity contribution in [2.75, 3.05) is 19.8 Å². The minimum atomic E-state index is 0.299. The molecular weight excluding hydrogens is 364 g/mol. The Labute approximate surface area is 159 Å². The summed E-state index contributed by atoms with van der Waals surface area (Å²) in [5.41, 5.74) is 3.45. The molecule has 0 radical (unpaired) electrons. The number of rotatable bonds is 3. The molecule has 27 heavy (non-hydrogen) atoms. The third-order valence-corrected chi connectivity index (χ3v) is 5.78. The number of hydrogen-bond donors (Lipinski definition) is 1. The van der Waals surface area contributed by atoms with Crippen LogP contribution in [0.1, 0.15) is 10.6 Å². The van der Waals surface area contributed by atoms with Crippen LogP contribution in [0.4, 0.5) is 5.69 Å². The average molecular weight is 380 g/mol. The van der Waals surface area contributed by atoms with Crippen LogP contribution < -0.4 is 14.8 Å². The van der Waals surface area contributed by atoms with Crippen molar-refractivity contribution in [3.63, 3.8) is 0 Å². The van der Waals surface area contributed by atoms with Gasteiger partial charge in [-0.05, 0) is 28.9 Å². The van der Waals surface area contributed by atoms with Gasteiger partial charge in [-0.15, -0.1) is 16.2 Å². The fourth-order valence-corrected chi connectivity index (χ4v) is 4.45. The molecule has 0 bridgehead atoms. The van der Waals surface area contributed by atoms with Crippen LogP contribution in [-0.2, 0) is 13.0 Å². The molecule has 2 aliphatic heterocycles. The Hall–Kier alpha value is -2.84. The van der Waals surface area contributed by atoms with E-state index in [4.69, 9.17) is 14.5 Å².